The maximum Gasteiger partial charge on any atom is 0.573 e. The lowest BCUT2D eigenvalue weighted by Crippen LogP contribution is -2.31. The first-order valence-electron chi connectivity index (χ1n) is 14.0. The van der Waals surface area contributed by atoms with Gasteiger partial charge < -0.3 is 14.8 Å². The smallest absolute Gasteiger partial charge is 0.497 e. The van der Waals surface area contributed by atoms with Crippen molar-refractivity contribution in [2.75, 3.05) is 17.8 Å². The maximum atomic E-state index is 12.8. The highest BCUT2D eigenvalue weighted by Gasteiger charge is 2.33. The van der Waals surface area contributed by atoms with Gasteiger partial charge in [-0.05, 0) is 47.4 Å². The Morgan fingerprint density at radius 2 is 1.81 bits per heavy atom. The fourth-order valence-electron chi connectivity index (χ4n) is 4.57. The second-order valence-electron chi connectivity index (χ2n) is 10.2. The first kappa shape index (κ1) is 32.8. The molecule has 0 aliphatic carbocycles. The van der Waals surface area contributed by atoms with E-state index < -0.39 is 12.4 Å². The van der Waals surface area contributed by atoms with E-state index >= 15 is 0 Å². The number of aliphatic imine (C=N–C) groups is 1. The number of anilines is 1. The van der Waals surface area contributed by atoms with Gasteiger partial charge in [0.1, 0.15) is 23.9 Å². The van der Waals surface area contributed by atoms with E-state index in [4.69, 9.17) is 4.74 Å². The van der Waals surface area contributed by atoms with Gasteiger partial charge in [-0.15, -0.1) is 18.3 Å². The molecule has 5 rings (SSSR count). The minimum Gasteiger partial charge on any atom is -0.497 e. The molecule has 1 fully saturated rings. The lowest BCUT2D eigenvalue weighted by molar-refractivity contribution is -0.274. The third-order valence-electron chi connectivity index (χ3n) is 6.80. The number of hydrogen-bond donors (Lipinski definition) is 1. The number of aromatic nitrogens is 3. The summed E-state index contributed by atoms with van der Waals surface area (Å²) in [5.74, 6) is 0.517. The van der Waals surface area contributed by atoms with Crippen LogP contribution in [-0.2, 0) is 4.79 Å². The molecule has 47 heavy (non-hydrogen) atoms. The van der Waals surface area contributed by atoms with E-state index in [0.29, 0.717) is 34.1 Å². The summed E-state index contributed by atoms with van der Waals surface area (Å²) < 4.78 is 47.9. The van der Waals surface area contributed by atoms with E-state index in [1.807, 2.05) is 32.0 Å². The average Bonchev–Trinajstić information content (AvgIpc) is 3.68. The number of nitrogens with one attached hydrogen (secondary N) is 1. The zero-order valence-electron chi connectivity index (χ0n) is 25.1. The van der Waals surface area contributed by atoms with Crippen LogP contribution in [0.5, 0.6) is 11.5 Å². The second-order valence-corrected chi connectivity index (χ2v) is 11.2. The van der Waals surface area contributed by atoms with Crippen molar-refractivity contribution in [3.05, 3.63) is 90.4 Å². The summed E-state index contributed by atoms with van der Waals surface area (Å²) in [7, 11) is 1.53. The molecular weight excluding hydrogens is 635 g/mol. The zero-order valence-corrected chi connectivity index (χ0v) is 26.0. The molecule has 1 aliphatic rings. The van der Waals surface area contributed by atoms with Crippen LogP contribution < -0.4 is 19.7 Å². The Kier molecular flexibility index (Phi) is 9.62. The average molecular weight is 662 g/mol. The van der Waals surface area contributed by atoms with Crippen molar-refractivity contribution in [2.24, 2.45) is 4.99 Å². The van der Waals surface area contributed by atoms with Crippen LogP contribution in [0.15, 0.2) is 84.2 Å². The van der Waals surface area contributed by atoms with Gasteiger partial charge >= 0.3 is 12.4 Å². The molecule has 240 valence electrons. The van der Waals surface area contributed by atoms with Crippen molar-refractivity contribution in [1.29, 1.82) is 5.26 Å². The van der Waals surface area contributed by atoms with Crippen LogP contribution in [0.3, 0.4) is 0 Å². The monoisotopic (exact) mass is 661 g/mol. The van der Waals surface area contributed by atoms with Crippen LogP contribution in [0.1, 0.15) is 30.9 Å². The topological polar surface area (TPSA) is 135 Å². The summed E-state index contributed by atoms with van der Waals surface area (Å²) in [4.78, 5) is 35.4. The first-order valence-corrected chi connectivity index (χ1v) is 15.0. The van der Waals surface area contributed by atoms with Gasteiger partial charge in [0, 0.05) is 17.8 Å². The third-order valence-corrected chi connectivity index (χ3v) is 7.73. The van der Waals surface area contributed by atoms with Crippen molar-refractivity contribution >= 4 is 40.1 Å². The van der Waals surface area contributed by atoms with Gasteiger partial charge in [-0.25, -0.2) is 14.5 Å². The van der Waals surface area contributed by atoms with Crippen LogP contribution in [0.4, 0.5) is 23.7 Å². The van der Waals surface area contributed by atoms with Gasteiger partial charge in [0.2, 0.25) is 5.91 Å². The fourth-order valence-corrected chi connectivity index (χ4v) is 5.42. The third kappa shape index (κ3) is 7.79. The minimum atomic E-state index is -4.79. The number of alkyl halides is 3. The minimum absolute atomic E-state index is 0.0888. The van der Waals surface area contributed by atoms with Crippen molar-refractivity contribution in [3.8, 4) is 34.6 Å². The molecule has 1 saturated heterocycles. The molecule has 2 heterocycles. The van der Waals surface area contributed by atoms with Gasteiger partial charge in [-0.1, -0.05) is 55.9 Å². The Hall–Kier alpha value is -5.62. The van der Waals surface area contributed by atoms with E-state index in [1.54, 1.807) is 30.3 Å². The number of hydrogen-bond acceptors (Lipinski definition) is 8. The van der Waals surface area contributed by atoms with Gasteiger partial charge in [0.25, 0.3) is 0 Å². The van der Waals surface area contributed by atoms with E-state index in [2.05, 4.69) is 25.1 Å². The number of carbonyl (C=O) groups is 2. The summed E-state index contributed by atoms with van der Waals surface area (Å²) in [5.41, 5.74) is 3.19. The number of benzene rings is 3. The lowest BCUT2D eigenvalue weighted by atomic mass is 10.00. The number of amides is 3. The summed E-state index contributed by atoms with van der Waals surface area (Å²) in [6.45, 7) is 3.99. The highest BCUT2D eigenvalue weighted by Crippen LogP contribution is 2.36. The van der Waals surface area contributed by atoms with E-state index in [0.717, 1.165) is 17.3 Å². The number of urea groups is 1. The molecule has 0 saturated carbocycles. The number of carbonyl (C=O) groups excluding carboxylic acids is 2. The summed E-state index contributed by atoms with van der Waals surface area (Å²) in [5, 5.41) is 16.8. The Labute approximate surface area is 271 Å². The van der Waals surface area contributed by atoms with Gasteiger partial charge in [0.05, 0.1) is 29.8 Å². The molecular formula is C32H26F3N7O4S. The van der Waals surface area contributed by atoms with Crippen LogP contribution in [0.25, 0.3) is 22.6 Å². The molecule has 3 aromatic carbocycles. The van der Waals surface area contributed by atoms with Gasteiger partial charge in [-0.3, -0.25) is 9.69 Å². The Morgan fingerprint density at radius 1 is 1.11 bits per heavy atom. The summed E-state index contributed by atoms with van der Waals surface area (Å²) in [6, 6.07) is 18.5. The van der Waals surface area contributed by atoms with E-state index in [1.165, 1.54) is 53.5 Å². The number of amidine groups is 1. The van der Waals surface area contributed by atoms with Gasteiger partial charge in [0.15, 0.2) is 11.0 Å². The Bertz CT molecular complexity index is 1900. The molecule has 0 bridgehead atoms. The number of nitriles is 1. The number of ether oxygens (including phenoxy) is 2. The maximum absolute atomic E-state index is 12.8. The highest BCUT2D eigenvalue weighted by atomic mass is 32.2. The van der Waals surface area contributed by atoms with Crippen molar-refractivity contribution in [3.63, 3.8) is 0 Å². The molecule has 1 aromatic heterocycles. The molecule has 3 amide bonds. The number of halogens is 3. The number of rotatable bonds is 8. The molecule has 0 radical (unpaired) electrons. The van der Waals surface area contributed by atoms with E-state index in [9.17, 15) is 28.0 Å². The predicted octanol–water partition coefficient (Wildman–Crippen LogP) is 6.67. The Balaban J connectivity index is 1.28. The molecule has 4 aromatic rings. The molecule has 1 aliphatic heterocycles. The summed E-state index contributed by atoms with van der Waals surface area (Å²) in [6.07, 6.45) is -2.14. The van der Waals surface area contributed by atoms with Crippen molar-refractivity contribution < 1.29 is 32.2 Å². The van der Waals surface area contributed by atoms with Crippen LogP contribution >= 0.6 is 11.8 Å². The van der Waals surface area contributed by atoms with Crippen molar-refractivity contribution in [1.82, 2.24) is 20.1 Å². The molecule has 0 unspecified atom stereocenters. The number of nitrogens with zero attached hydrogens (tertiary/aromatic N) is 6. The quantitative estimate of drug-likeness (QED) is 0.207. The Morgan fingerprint density at radius 3 is 2.45 bits per heavy atom. The fraction of sp³-hybridized carbons (Fsp3) is 0.188. The van der Waals surface area contributed by atoms with Crippen LogP contribution in [-0.4, -0.2) is 51.1 Å². The summed E-state index contributed by atoms with van der Waals surface area (Å²) >= 11 is 1.13. The van der Waals surface area contributed by atoms with Gasteiger partial charge in [-0.2, -0.15) is 10.3 Å². The second kappa shape index (κ2) is 13.8. The number of thioether (sulfide) groups is 1. The van der Waals surface area contributed by atoms with Crippen LogP contribution in [0.2, 0.25) is 0 Å². The standard InChI is InChI=1S/C32H26F3N7O4S/c1-19(2)26-13-12-25(45-3)14-27(26)42-28(43)17-47-31(42)39-30(44)37-16-22(15-36)20-4-6-21(7-5-20)29-38-18-41(40-29)23-8-10-24(11-9-23)46-32(33,34)35/h4-14,16,18-19H,17H2,1-3H3,(H,37,44)/b22-16+,39-31?. The van der Waals surface area contributed by atoms with Crippen LogP contribution in [0, 0.1) is 11.3 Å². The zero-order chi connectivity index (χ0) is 33.7. The van der Waals surface area contributed by atoms with Crippen molar-refractivity contribution in [2.45, 2.75) is 26.1 Å². The molecule has 15 heteroatoms. The molecule has 0 atom stereocenters. The van der Waals surface area contributed by atoms with E-state index in [-0.39, 0.29) is 34.1 Å². The molecule has 11 nitrogen and oxygen atoms in total. The number of methoxy groups -OCH3 is 1. The SMILES string of the molecule is COc1ccc(C(C)C)c(N2C(=O)CSC2=NC(=O)N/C=C(\C#N)c2ccc(-c3ncn(-c4ccc(OC(F)(F)F)cc4)n3)cc2)c1. The lowest BCUT2D eigenvalue weighted by Gasteiger charge is -2.22. The number of allylic oxidation sites excluding steroid dienone is 1. The highest BCUT2D eigenvalue weighted by molar-refractivity contribution is 8.15. The predicted molar refractivity (Wildman–Crippen MR) is 170 cm³/mol. The first-order chi connectivity index (χ1) is 22.5. The molecule has 1 N–H and O–H groups in total. The largest absolute Gasteiger partial charge is 0.573 e. The normalized spacial score (nSPS) is 14.4. The molecule has 0 spiro atoms.